The van der Waals surface area contributed by atoms with Crippen LogP contribution in [0, 0.1) is 0 Å². The van der Waals surface area contributed by atoms with Crippen LogP contribution in [-0.4, -0.2) is 174 Å². The van der Waals surface area contributed by atoms with E-state index in [1.165, 1.54) is 0 Å². The molecule has 0 N–H and O–H groups in total. The molecule has 0 unspecified atom stereocenters. The monoisotopic (exact) mass is 743 g/mol. The number of hydrogen-bond donors (Lipinski definition) is 0. The number of carbonyl (C=O) groups is 3. The Morgan fingerprint density at radius 1 is 0.460 bits per heavy atom. The lowest BCUT2D eigenvalue weighted by Gasteiger charge is -2.36. The Kier molecular flexibility index (Phi) is 31.6. The number of likely N-dealkylation sites (N-methyl/N-ethyl adjacent to an activating group) is 3. The molecule has 0 amide bonds. The van der Waals surface area contributed by atoms with E-state index in [-0.39, 0.29) is 17.9 Å². The highest BCUT2D eigenvalue weighted by Crippen LogP contribution is 2.03. The lowest BCUT2D eigenvalue weighted by molar-refractivity contribution is -0.870. The predicted molar refractivity (Wildman–Crippen MR) is 186 cm³/mol. The molecule has 0 fully saturated rings. The zero-order valence-corrected chi connectivity index (χ0v) is 33.6. The molecule has 0 aromatic heterocycles. The van der Waals surface area contributed by atoms with Crippen LogP contribution in [0.3, 0.4) is 0 Å². The SMILES string of the molecule is C=C(C)C(=O)OCCOCC[N+](C)(C)C.C=C(C)C(=O)OCCOCC[N+](C)(C)C.C=C(C)C(=O)OCCOCC[N+](C)(C)C.O=P([O-])([O-])[O-]. The molecule has 0 aromatic rings. The summed E-state index contributed by atoms with van der Waals surface area (Å²) >= 11 is 0. The first kappa shape index (κ1) is 54.3. The number of carbonyl (C=O) groups excluding carboxylic acids is 3. The third kappa shape index (κ3) is 57.7. The summed E-state index contributed by atoms with van der Waals surface area (Å²) in [5, 5.41) is 0. The highest BCUT2D eigenvalue weighted by Gasteiger charge is 2.08. The van der Waals surface area contributed by atoms with Gasteiger partial charge in [-0.25, -0.2) is 14.4 Å². The Morgan fingerprint density at radius 3 is 0.780 bits per heavy atom. The lowest BCUT2D eigenvalue weighted by Crippen LogP contribution is -2.37. The molecule has 0 radical (unpaired) electrons. The van der Waals surface area contributed by atoms with Crippen molar-refractivity contribution in [1.82, 2.24) is 0 Å². The van der Waals surface area contributed by atoms with Crippen LogP contribution in [-0.2, 0) is 47.4 Å². The van der Waals surface area contributed by atoms with Crippen molar-refractivity contribution in [2.45, 2.75) is 20.8 Å². The molecule has 0 aliphatic carbocycles. The second-order valence-electron chi connectivity index (χ2n) is 14.1. The third-order valence-corrected chi connectivity index (χ3v) is 5.15. The quantitative estimate of drug-likeness (QED) is 0.0371. The highest BCUT2D eigenvalue weighted by molar-refractivity contribution is 7.40. The number of esters is 3. The molecule has 0 atom stereocenters. The summed E-state index contributed by atoms with van der Waals surface area (Å²) < 4.78 is 41.7. The van der Waals surface area contributed by atoms with E-state index < -0.39 is 7.82 Å². The van der Waals surface area contributed by atoms with Crippen LogP contribution >= 0.6 is 7.82 Å². The number of ether oxygens (including phenoxy) is 6. The van der Waals surface area contributed by atoms with Gasteiger partial charge in [0, 0.05) is 16.7 Å². The number of phosphoric acid groups is 1. The van der Waals surface area contributed by atoms with Crippen molar-refractivity contribution in [3.05, 3.63) is 36.5 Å². The Morgan fingerprint density at radius 2 is 0.640 bits per heavy atom. The molecule has 0 saturated heterocycles. The van der Waals surface area contributed by atoms with Crippen molar-refractivity contribution in [3.8, 4) is 0 Å². The zero-order valence-electron chi connectivity index (χ0n) is 32.7. The van der Waals surface area contributed by atoms with Gasteiger partial charge in [0.1, 0.15) is 39.5 Å². The average molecular weight is 744 g/mol. The molecule has 0 aliphatic rings. The standard InChI is InChI=1S/3C11H22NO3.H3O4P/c3*1-10(2)11(13)15-9-8-14-7-6-12(3,4)5;1-5(2,3)4/h3*1,6-9H2,2-5H3;(H3,1,2,3,4)/q3*+1;/p-3. The summed E-state index contributed by atoms with van der Waals surface area (Å²) in [7, 11) is 13.5. The summed E-state index contributed by atoms with van der Waals surface area (Å²) in [6.07, 6.45) is 0. The van der Waals surface area contributed by atoms with Gasteiger partial charge in [0.2, 0.25) is 0 Å². The molecule has 0 bridgehead atoms. The smallest absolute Gasteiger partial charge is 0.333 e. The molecular weight excluding hydrogens is 677 g/mol. The molecule has 0 aliphatic heterocycles. The molecule has 17 heteroatoms. The van der Waals surface area contributed by atoms with E-state index in [4.69, 9.17) is 47.7 Å². The van der Waals surface area contributed by atoms with E-state index in [9.17, 15) is 14.4 Å². The summed E-state index contributed by atoms with van der Waals surface area (Å²) in [5.41, 5.74) is 1.25. The van der Waals surface area contributed by atoms with Crippen LogP contribution < -0.4 is 14.7 Å². The number of nitrogens with zero attached hydrogens (tertiary/aromatic N) is 3. The summed E-state index contributed by atoms with van der Waals surface area (Å²) in [4.78, 5) is 58.5. The molecule has 0 saturated carbocycles. The van der Waals surface area contributed by atoms with E-state index in [0.717, 1.165) is 33.1 Å². The van der Waals surface area contributed by atoms with Gasteiger partial charge in [-0.2, -0.15) is 7.82 Å². The van der Waals surface area contributed by atoms with Crippen LogP contribution in [0.5, 0.6) is 0 Å². The fourth-order valence-corrected chi connectivity index (χ4v) is 2.27. The highest BCUT2D eigenvalue weighted by atomic mass is 31.2. The van der Waals surface area contributed by atoms with Crippen molar-refractivity contribution in [2.24, 2.45) is 0 Å². The largest absolute Gasteiger partial charge is 0.822 e. The van der Waals surface area contributed by atoms with Crippen LogP contribution in [0.25, 0.3) is 0 Å². The molecule has 0 spiro atoms. The van der Waals surface area contributed by atoms with Crippen LogP contribution in [0.4, 0.5) is 0 Å². The van der Waals surface area contributed by atoms with Gasteiger partial charge in [-0.1, -0.05) is 19.7 Å². The summed E-state index contributed by atoms with van der Waals surface area (Å²) in [6.45, 7) is 22.4. The van der Waals surface area contributed by atoms with Crippen molar-refractivity contribution >= 4 is 25.7 Å². The van der Waals surface area contributed by atoms with Gasteiger partial charge in [-0.3, -0.25) is 0 Å². The fourth-order valence-electron chi connectivity index (χ4n) is 2.27. The zero-order chi connectivity index (χ0) is 40.2. The number of rotatable bonds is 21. The minimum atomic E-state index is -5.39. The number of hydrogen-bond acceptors (Lipinski definition) is 13. The van der Waals surface area contributed by atoms with E-state index in [2.05, 4.69) is 83.2 Å². The van der Waals surface area contributed by atoms with Crippen molar-refractivity contribution < 1.29 is 75.5 Å². The van der Waals surface area contributed by atoms with Crippen molar-refractivity contribution in [2.75, 3.05) is 143 Å². The molecule has 16 nitrogen and oxygen atoms in total. The minimum absolute atomic E-state index is 0.294. The first-order valence-corrected chi connectivity index (χ1v) is 17.3. The van der Waals surface area contributed by atoms with Gasteiger partial charge in [0.05, 0.1) is 103 Å². The Hall–Kier alpha value is -2.50. The second-order valence-corrected chi connectivity index (χ2v) is 15.0. The topological polar surface area (TPSA) is 193 Å². The van der Waals surface area contributed by atoms with Gasteiger partial charge in [0.15, 0.2) is 0 Å². The number of quaternary nitrogens is 3. The Balaban J connectivity index is -0.000000296. The van der Waals surface area contributed by atoms with Crippen LogP contribution in [0.15, 0.2) is 36.5 Å². The molecule has 0 rings (SSSR count). The fraction of sp³-hybridized carbons (Fsp3) is 0.727. The first-order valence-electron chi connectivity index (χ1n) is 15.8. The van der Waals surface area contributed by atoms with Crippen molar-refractivity contribution in [3.63, 3.8) is 0 Å². The average Bonchev–Trinajstić information content (AvgIpc) is 2.91. The maximum Gasteiger partial charge on any atom is 0.333 e. The van der Waals surface area contributed by atoms with E-state index in [1.54, 1.807) is 20.8 Å². The van der Waals surface area contributed by atoms with Crippen LogP contribution in [0.2, 0.25) is 0 Å². The van der Waals surface area contributed by atoms with Gasteiger partial charge in [-0.05, 0) is 20.8 Å². The van der Waals surface area contributed by atoms with Gasteiger partial charge in [-0.15, -0.1) is 0 Å². The normalized spacial score (nSPS) is 11.3. The molecular formula is C33H66N3O13P. The van der Waals surface area contributed by atoms with E-state index in [0.29, 0.717) is 76.2 Å². The maximum atomic E-state index is 11.0. The van der Waals surface area contributed by atoms with Gasteiger partial charge < -0.3 is 61.1 Å². The Bertz CT molecular complexity index is 919. The Labute approximate surface area is 300 Å². The molecule has 296 valence electrons. The van der Waals surface area contributed by atoms with Crippen molar-refractivity contribution in [1.29, 1.82) is 0 Å². The first-order chi connectivity index (χ1) is 22.5. The van der Waals surface area contributed by atoms with E-state index >= 15 is 0 Å². The minimum Gasteiger partial charge on any atom is -0.822 e. The second kappa shape index (κ2) is 29.1. The van der Waals surface area contributed by atoms with Crippen LogP contribution in [0.1, 0.15) is 20.8 Å². The molecule has 0 aromatic carbocycles. The van der Waals surface area contributed by atoms with E-state index in [1.807, 2.05) is 0 Å². The summed E-state index contributed by atoms with van der Waals surface area (Å²) in [5.74, 6) is -1.07. The van der Waals surface area contributed by atoms with Gasteiger partial charge in [0.25, 0.3) is 0 Å². The predicted octanol–water partition coefficient (Wildman–Crippen LogP) is -0.339. The lowest BCUT2D eigenvalue weighted by atomic mass is 10.4. The summed E-state index contributed by atoms with van der Waals surface area (Å²) in [6, 6.07) is 0. The maximum absolute atomic E-state index is 11.0. The third-order valence-electron chi connectivity index (χ3n) is 5.15. The molecule has 50 heavy (non-hydrogen) atoms. The molecule has 0 heterocycles. The van der Waals surface area contributed by atoms with Gasteiger partial charge >= 0.3 is 17.9 Å².